The minimum absolute atomic E-state index is 0. The van der Waals surface area contributed by atoms with Gasteiger partial charge in [-0.25, -0.2) is 0 Å². The van der Waals surface area contributed by atoms with Crippen molar-refractivity contribution in [3.8, 4) is 11.5 Å². The summed E-state index contributed by atoms with van der Waals surface area (Å²) in [6, 6.07) is 12.0. The number of nitrogens with zero attached hydrogens (tertiary/aromatic N) is 3. The van der Waals surface area contributed by atoms with E-state index in [0.717, 1.165) is 30.3 Å². The summed E-state index contributed by atoms with van der Waals surface area (Å²) in [5.74, 6) is 1.65. The van der Waals surface area contributed by atoms with Crippen molar-refractivity contribution >= 4 is 42.9 Å². The van der Waals surface area contributed by atoms with E-state index in [0.29, 0.717) is 5.54 Å². The largest absolute Gasteiger partial charge is 0.456 e. The molecular formula is C19H26Cl3N3O. The van der Waals surface area contributed by atoms with Gasteiger partial charge in [0.05, 0.1) is 18.1 Å². The van der Waals surface area contributed by atoms with E-state index in [-0.39, 0.29) is 37.2 Å². The number of rotatable bonds is 3. The van der Waals surface area contributed by atoms with Crippen molar-refractivity contribution in [1.82, 2.24) is 9.88 Å². The van der Waals surface area contributed by atoms with Gasteiger partial charge in [-0.2, -0.15) is 0 Å². The second-order valence-corrected chi connectivity index (χ2v) is 6.71. The van der Waals surface area contributed by atoms with Crippen LogP contribution in [0.1, 0.15) is 19.3 Å². The van der Waals surface area contributed by atoms with Crippen molar-refractivity contribution in [2.45, 2.75) is 24.8 Å². The Balaban J connectivity index is 0.00000113. The molecule has 1 aromatic heterocycles. The molecule has 0 N–H and O–H groups in total. The lowest BCUT2D eigenvalue weighted by Crippen LogP contribution is -2.43. The maximum Gasteiger partial charge on any atom is 0.147 e. The van der Waals surface area contributed by atoms with Gasteiger partial charge in [-0.1, -0.05) is 18.2 Å². The molecule has 144 valence electrons. The van der Waals surface area contributed by atoms with E-state index in [4.69, 9.17) is 4.74 Å². The van der Waals surface area contributed by atoms with Gasteiger partial charge in [0, 0.05) is 24.7 Å². The topological polar surface area (TPSA) is 28.6 Å². The molecule has 4 nitrogen and oxygen atoms in total. The van der Waals surface area contributed by atoms with Gasteiger partial charge >= 0.3 is 0 Å². The summed E-state index contributed by atoms with van der Waals surface area (Å²) in [6.07, 6.45) is 7.61. The smallest absolute Gasteiger partial charge is 0.147 e. The molecule has 1 aromatic carbocycles. The van der Waals surface area contributed by atoms with Crippen molar-refractivity contribution in [2.24, 2.45) is 0 Å². The molecular weight excluding hydrogens is 393 g/mol. The number of likely N-dealkylation sites (tertiary alicyclic amines) is 1. The molecule has 3 heterocycles. The summed E-state index contributed by atoms with van der Waals surface area (Å²) in [6.45, 7) is 3.42. The zero-order valence-electron chi connectivity index (χ0n) is 14.8. The van der Waals surface area contributed by atoms with Gasteiger partial charge in [0.2, 0.25) is 0 Å². The summed E-state index contributed by atoms with van der Waals surface area (Å²) >= 11 is 0. The first kappa shape index (κ1) is 22.8. The van der Waals surface area contributed by atoms with Crippen molar-refractivity contribution in [2.75, 3.05) is 31.6 Å². The number of aromatic nitrogens is 1. The van der Waals surface area contributed by atoms with E-state index in [1.54, 1.807) is 6.20 Å². The molecule has 0 amide bonds. The van der Waals surface area contributed by atoms with Gasteiger partial charge in [-0.15, -0.1) is 37.2 Å². The Morgan fingerprint density at radius 3 is 2.42 bits per heavy atom. The molecule has 1 atom stereocenters. The number of para-hydroxylation sites is 1. The van der Waals surface area contributed by atoms with Crippen LogP contribution in [-0.4, -0.2) is 42.1 Å². The Bertz CT molecular complexity index is 689. The highest BCUT2D eigenvalue weighted by molar-refractivity contribution is 5.86. The highest BCUT2D eigenvalue weighted by Crippen LogP contribution is 2.38. The molecule has 7 heteroatoms. The Morgan fingerprint density at radius 2 is 1.73 bits per heavy atom. The molecule has 0 saturated carbocycles. The number of halogens is 3. The van der Waals surface area contributed by atoms with Gasteiger partial charge in [-0.3, -0.25) is 9.88 Å². The number of hydrogen-bond acceptors (Lipinski definition) is 4. The highest BCUT2D eigenvalue weighted by Gasteiger charge is 2.44. The lowest BCUT2D eigenvalue weighted by Gasteiger charge is -2.32. The van der Waals surface area contributed by atoms with Crippen molar-refractivity contribution in [1.29, 1.82) is 0 Å². The number of pyridine rings is 1. The molecule has 26 heavy (non-hydrogen) atoms. The van der Waals surface area contributed by atoms with E-state index in [2.05, 4.69) is 27.9 Å². The first-order chi connectivity index (χ1) is 11.3. The van der Waals surface area contributed by atoms with Gasteiger partial charge in [0.1, 0.15) is 11.5 Å². The monoisotopic (exact) mass is 417 g/mol. The third kappa shape index (κ3) is 4.55. The van der Waals surface area contributed by atoms with Crippen LogP contribution in [0.3, 0.4) is 0 Å². The minimum Gasteiger partial charge on any atom is -0.456 e. The molecule has 1 spiro atoms. The fourth-order valence-electron chi connectivity index (χ4n) is 3.93. The lowest BCUT2D eigenvalue weighted by atomic mass is 9.96. The Morgan fingerprint density at radius 1 is 0.962 bits per heavy atom. The fourth-order valence-corrected chi connectivity index (χ4v) is 3.93. The molecule has 2 saturated heterocycles. The first-order valence-electron chi connectivity index (χ1n) is 8.39. The predicted molar refractivity (Wildman–Crippen MR) is 114 cm³/mol. The van der Waals surface area contributed by atoms with Gasteiger partial charge in [0.25, 0.3) is 0 Å². The average molecular weight is 419 g/mol. The third-order valence-electron chi connectivity index (χ3n) is 5.32. The van der Waals surface area contributed by atoms with Crippen LogP contribution in [0.15, 0.2) is 48.8 Å². The zero-order chi connectivity index (χ0) is 15.7. The lowest BCUT2D eigenvalue weighted by molar-refractivity contribution is 0.198. The zero-order valence-corrected chi connectivity index (χ0v) is 17.3. The molecule has 2 aliphatic rings. The van der Waals surface area contributed by atoms with Crippen LogP contribution in [0, 0.1) is 0 Å². The van der Waals surface area contributed by atoms with Crippen LogP contribution >= 0.6 is 37.2 Å². The van der Waals surface area contributed by atoms with E-state index < -0.39 is 0 Å². The summed E-state index contributed by atoms with van der Waals surface area (Å²) in [5.41, 5.74) is 1.53. The molecule has 4 rings (SSSR count). The minimum atomic E-state index is 0. The van der Waals surface area contributed by atoms with E-state index in [1.807, 2.05) is 36.5 Å². The standard InChI is InChI=1S/C19H23N3O.3ClH/c1-21-10-5-8-19(21)9-11-22(15-19)16-12-18(14-20-13-16)23-17-6-3-2-4-7-17;;;/h2-4,6-7,12-14H,5,8-11,15H2,1H3;3*1H. The Labute approximate surface area is 174 Å². The van der Waals surface area contributed by atoms with Crippen LogP contribution < -0.4 is 9.64 Å². The van der Waals surface area contributed by atoms with Crippen LogP contribution in [0.2, 0.25) is 0 Å². The quantitative estimate of drug-likeness (QED) is 0.715. The molecule has 2 fully saturated rings. The number of likely N-dealkylation sites (N-methyl/N-ethyl adjacent to an activating group) is 1. The van der Waals surface area contributed by atoms with Crippen LogP contribution in [0.25, 0.3) is 0 Å². The molecule has 1 unspecified atom stereocenters. The number of ether oxygens (including phenoxy) is 1. The summed E-state index contributed by atoms with van der Waals surface area (Å²) in [7, 11) is 2.27. The summed E-state index contributed by atoms with van der Waals surface area (Å²) < 4.78 is 5.92. The van der Waals surface area contributed by atoms with E-state index in [1.165, 1.54) is 25.8 Å². The van der Waals surface area contributed by atoms with E-state index >= 15 is 0 Å². The van der Waals surface area contributed by atoms with Crippen molar-refractivity contribution < 1.29 is 4.74 Å². The second kappa shape index (κ2) is 9.65. The van der Waals surface area contributed by atoms with Crippen molar-refractivity contribution in [3.63, 3.8) is 0 Å². The number of benzene rings is 1. The average Bonchev–Trinajstić information content (AvgIpc) is 3.17. The van der Waals surface area contributed by atoms with Crippen LogP contribution in [-0.2, 0) is 0 Å². The molecule has 0 bridgehead atoms. The number of hydrogen-bond donors (Lipinski definition) is 0. The van der Waals surface area contributed by atoms with E-state index in [9.17, 15) is 0 Å². The predicted octanol–water partition coefficient (Wildman–Crippen LogP) is 4.81. The Hall–Kier alpha value is -1.20. The second-order valence-electron chi connectivity index (χ2n) is 6.71. The third-order valence-corrected chi connectivity index (χ3v) is 5.32. The molecule has 2 aliphatic heterocycles. The van der Waals surface area contributed by atoms with Crippen LogP contribution in [0.4, 0.5) is 5.69 Å². The van der Waals surface area contributed by atoms with Gasteiger partial charge < -0.3 is 9.64 Å². The molecule has 2 aromatic rings. The summed E-state index contributed by atoms with van der Waals surface area (Å²) in [4.78, 5) is 9.38. The maximum atomic E-state index is 5.92. The Kier molecular flexibility index (Phi) is 8.48. The maximum absolute atomic E-state index is 5.92. The van der Waals surface area contributed by atoms with Crippen LogP contribution in [0.5, 0.6) is 11.5 Å². The first-order valence-corrected chi connectivity index (χ1v) is 8.39. The number of anilines is 1. The molecule has 0 radical (unpaired) electrons. The summed E-state index contributed by atoms with van der Waals surface area (Å²) in [5, 5.41) is 0. The van der Waals surface area contributed by atoms with Gasteiger partial charge in [-0.05, 0) is 45.0 Å². The van der Waals surface area contributed by atoms with Gasteiger partial charge in [0.15, 0.2) is 0 Å². The SMILES string of the molecule is CN1CCCC12CCN(c1cncc(Oc3ccccc3)c1)C2.Cl.Cl.Cl. The molecule has 0 aliphatic carbocycles. The fraction of sp³-hybridized carbons (Fsp3) is 0.421. The van der Waals surface area contributed by atoms with Crippen molar-refractivity contribution in [3.05, 3.63) is 48.8 Å². The normalized spacial score (nSPS) is 21.7. The highest BCUT2D eigenvalue weighted by atomic mass is 35.5.